The van der Waals surface area contributed by atoms with E-state index < -0.39 is 0 Å². The summed E-state index contributed by atoms with van der Waals surface area (Å²) in [4.78, 5) is 26.1. The van der Waals surface area contributed by atoms with E-state index in [4.69, 9.17) is 5.11 Å². The minimum atomic E-state index is -0.00538. The number of nitrogens with zero attached hydrogens (tertiary/aromatic N) is 1. The maximum absolute atomic E-state index is 12.4. The summed E-state index contributed by atoms with van der Waals surface area (Å²) in [7, 11) is 1.64. The molecular weight excluding hydrogens is 318 g/mol. The van der Waals surface area contributed by atoms with Crippen molar-refractivity contribution in [2.24, 2.45) is 11.8 Å². The summed E-state index contributed by atoms with van der Waals surface area (Å²) in [5.74, 6) is 0.766. The zero-order valence-corrected chi connectivity index (χ0v) is 15.3. The van der Waals surface area contributed by atoms with Gasteiger partial charge in [0, 0.05) is 26.2 Å². The number of carbonyl (C=O) groups excluding carboxylic acids is 2. The molecule has 6 heteroatoms. The third-order valence-electron chi connectivity index (χ3n) is 4.86. The highest BCUT2D eigenvalue weighted by molar-refractivity contribution is 5.79. The summed E-state index contributed by atoms with van der Waals surface area (Å²) >= 11 is 0. The van der Waals surface area contributed by atoms with E-state index >= 15 is 0 Å². The van der Waals surface area contributed by atoms with E-state index in [1.54, 1.807) is 7.05 Å². The molecule has 3 N–H and O–H groups in total. The lowest BCUT2D eigenvalue weighted by atomic mass is 9.91. The number of amides is 2. The van der Waals surface area contributed by atoms with Crippen LogP contribution in [0.3, 0.4) is 0 Å². The molecule has 1 heterocycles. The summed E-state index contributed by atoms with van der Waals surface area (Å²) in [5, 5.41) is 14.9. The van der Waals surface area contributed by atoms with Gasteiger partial charge in [0.25, 0.3) is 0 Å². The van der Waals surface area contributed by atoms with Crippen molar-refractivity contribution in [2.75, 3.05) is 26.7 Å². The lowest BCUT2D eigenvalue weighted by Crippen LogP contribution is -2.43. The van der Waals surface area contributed by atoms with Gasteiger partial charge in [0.05, 0.1) is 19.6 Å². The van der Waals surface area contributed by atoms with Gasteiger partial charge >= 0.3 is 0 Å². The van der Waals surface area contributed by atoms with Crippen molar-refractivity contribution >= 4 is 11.8 Å². The van der Waals surface area contributed by atoms with Crippen molar-refractivity contribution in [2.45, 2.75) is 32.9 Å². The molecule has 1 aliphatic rings. The highest BCUT2D eigenvalue weighted by atomic mass is 16.3. The van der Waals surface area contributed by atoms with Crippen LogP contribution >= 0.6 is 0 Å². The van der Waals surface area contributed by atoms with Gasteiger partial charge < -0.3 is 15.7 Å². The van der Waals surface area contributed by atoms with E-state index in [2.05, 4.69) is 29.4 Å². The zero-order chi connectivity index (χ0) is 18.4. The molecule has 1 saturated heterocycles. The van der Waals surface area contributed by atoms with Gasteiger partial charge in [0.2, 0.25) is 11.8 Å². The van der Waals surface area contributed by atoms with Gasteiger partial charge in [-0.1, -0.05) is 38.1 Å². The molecule has 2 atom stereocenters. The van der Waals surface area contributed by atoms with Gasteiger partial charge in [-0.25, -0.2) is 0 Å². The Bertz CT molecular complexity index is 586. The first kappa shape index (κ1) is 19.4. The van der Waals surface area contributed by atoms with Crippen LogP contribution in [0.15, 0.2) is 24.3 Å². The second kappa shape index (κ2) is 8.97. The number of likely N-dealkylation sites (tertiary alicyclic amines) is 1. The molecule has 0 aromatic heterocycles. The Morgan fingerprint density at radius 3 is 2.36 bits per heavy atom. The smallest absolute Gasteiger partial charge is 0.233 e. The number of carbonyl (C=O) groups is 2. The van der Waals surface area contributed by atoms with Gasteiger partial charge in [0.1, 0.15) is 0 Å². The molecule has 0 unspecified atom stereocenters. The lowest BCUT2D eigenvalue weighted by Gasteiger charge is -2.23. The van der Waals surface area contributed by atoms with E-state index in [0.29, 0.717) is 31.3 Å². The minimum absolute atomic E-state index is 0.00143. The van der Waals surface area contributed by atoms with Crippen LogP contribution in [-0.2, 0) is 22.6 Å². The molecule has 1 aromatic carbocycles. The highest BCUT2D eigenvalue weighted by Crippen LogP contribution is 2.24. The van der Waals surface area contributed by atoms with Crippen LogP contribution in [0.2, 0.25) is 0 Å². The summed E-state index contributed by atoms with van der Waals surface area (Å²) in [5.41, 5.74) is 1.76. The number of benzene rings is 1. The normalized spacial score (nSPS) is 20.7. The monoisotopic (exact) mass is 347 g/mol. The quantitative estimate of drug-likeness (QED) is 0.672. The molecule has 6 nitrogen and oxygen atoms in total. The molecule has 0 bridgehead atoms. The van der Waals surface area contributed by atoms with Crippen LogP contribution in [0.1, 0.15) is 25.0 Å². The average Bonchev–Trinajstić information content (AvgIpc) is 2.97. The fourth-order valence-corrected chi connectivity index (χ4v) is 3.36. The van der Waals surface area contributed by atoms with Crippen LogP contribution in [-0.4, -0.2) is 54.5 Å². The van der Waals surface area contributed by atoms with E-state index in [0.717, 1.165) is 17.7 Å². The number of hydrogen-bond acceptors (Lipinski definition) is 4. The molecule has 1 aromatic rings. The molecule has 2 rings (SSSR count). The number of hydrogen-bond donors (Lipinski definition) is 3. The van der Waals surface area contributed by atoms with Crippen molar-refractivity contribution in [3.8, 4) is 0 Å². The number of aliphatic hydroxyl groups is 1. The Balaban J connectivity index is 1.93. The van der Waals surface area contributed by atoms with Crippen molar-refractivity contribution in [1.29, 1.82) is 0 Å². The van der Waals surface area contributed by atoms with E-state index in [-0.39, 0.29) is 24.5 Å². The van der Waals surface area contributed by atoms with Crippen LogP contribution in [0.4, 0.5) is 0 Å². The molecule has 138 valence electrons. The topological polar surface area (TPSA) is 81.7 Å². The molecule has 0 saturated carbocycles. The first-order chi connectivity index (χ1) is 11.9. The van der Waals surface area contributed by atoms with Gasteiger partial charge in [-0.05, 0) is 23.0 Å². The Morgan fingerprint density at radius 1 is 1.16 bits per heavy atom. The molecule has 0 radical (unpaired) electrons. The standard InChI is InChI=1S/C19H29N3O3/c1-13(2)16-9-22(11-19(25)20-3)10-17(16)21-18(24)8-14-4-6-15(12-23)7-5-14/h4-7,13,16-17,23H,8-12H2,1-3H3,(H,20,25)(H,21,24)/t16-,17+/m1/s1. The maximum atomic E-state index is 12.4. The molecular formula is C19H29N3O3. The molecule has 25 heavy (non-hydrogen) atoms. The van der Waals surface area contributed by atoms with Gasteiger partial charge in [-0.15, -0.1) is 0 Å². The second-order valence-corrected chi connectivity index (χ2v) is 7.10. The summed E-state index contributed by atoms with van der Waals surface area (Å²) < 4.78 is 0. The largest absolute Gasteiger partial charge is 0.392 e. The van der Waals surface area contributed by atoms with Crippen LogP contribution in [0, 0.1) is 11.8 Å². The summed E-state index contributed by atoms with van der Waals surface area (Å²) in [6.07, 6.45) is 0.322. The number of aliphatic hydroxyl groups excluding tert-OH is 1. The number of likely N-dealkylation sites (N-methyl/N-ethyl adjacent to an activating group) is 1. The Labute approximate surface area is 149 Å². The molecule has 1 fully saturated rings. The van der Waals surface area contributed by atoms with Crippen LogP contribution in [0.5, 0.6) is 0 Å². The van der Waals surface area contributed by atoms with E-state index in [1.807, 2.05) is 24.3 Å². The Kier molecular flexibility index (Phi) is 6.96. The summed E-state index contributed by atoms with van der Waals surface area (Å²) in [6, 6.07) is 7.48. The third-order valence-corrected chi connectivity index (χ3v) is 4.86. The van der Waals surface area contributed by atoms with Gasteiger partial charge in [-0.2, -0.15) is 0 Å². The minimum Gasteiger partial charge on any atom is -0.392 e. The van der Waals surface area contributed by atoms with Crippen molar-refractivity contribution in [3.63, 3.8) is 0 Å². The second-order valence-electron chi connectivity index (χ2n) is 7.10. The van der Waals surface area contributed by atoms with Crippen molar-refractivity contribution in [1.82, 2.24) is 15.5 Å². The predicted octanol–water partition coefficient (Wildman–Crippen LogP) is 0.540. The Morgan fingerprint density at radius 2 is 1.80 bits per heavy atom. The lowest BCUT2D eigenvalue weighted by molar-refractivity contribution is -0.121. The highest BCUT2D eigenvalue weighted by Gasteiger charge is 2.36. The van der Waals surface area contributed by atoms with Crippen molar-refractivity contribution in [3.05, 3.63) is 35.4 Å². The molecule has 0 spiro atoms. The predicted molar refractivity (Wildman–Crippen MR) is 96.8 cm³/mol. The number of nitrogens with one attached hydrogen (secondary N) is 2. The molecule has 1 aliphatic heterocycles. The van der Waals surface area contributed by atoms with Crippen LogP contribution in [0.25, 0.3) is 0 Å². The summed E-state index contributed by atoms with van der Waals surface area (Å²) in [6.45, 7) is 6.20. The molecule has 0 aliphatic carbocycles. The average molecular weight is 347 g/mol. The first-order valence-corrected chi connectivity index (χ1v) is 8.84. The third kappa shape index (κ3) is 5.54. The fourth-order valence-electron chi connectivity index (χ4n) is 3.36. The van der Waals surface area contributed by atoms with Crippen LogP contribution < -0.4 is 10.6 Å². The van der Waals surface area contributed by atoms with Crippen molar-refractivity contribution < 1.29 is 14.7 Å². The molecule has 2 amide bonds. The zero-order valence-electron chi connectivity index (χ0n) is 15.3. The first-order valence-electron chi connectivity index (χ1n) is 8.84. The number of rotatable bonds is 7. The SMILES string of the molecule is CNC(=O)CN1C[C@H](NC(=O)Cc2ccc(CO)cc2)[C@@H](C(C)C)C1. The van der Waals surface area contributed by atoms with Gasteiger partial charge in [0.15, 0.2) is 0 Å². The Hall–Kier alpha value is -1.92. The van der Waals surface area contributed by atoms with Gasteiger partial charge in [-0.3, -0.25) is 14.5 Å². The van der Waals surface area contributed by atoms with E-state index in [1.165, 1.54) is 0 Å². The maximum Gasteiger partial charge on any atom is 0.233 e. The van der Waals surface area contributed by atoms with E-state index in [9.17, 15) is 9.59 Å². The fraction of sp³-hybridized carbons (Fsp3) is 0.579.